The average molecular weight is 292 g/mol. The maximum absolute atomic E-state index is 11.4. The molecule has 3 rings (SSSR count). The number of imidazole rings is 1. The second-order valence-electron chi connectivity index (χ2n) is 5.68. The lowest BCUT2D eigenvalue weighted by molar-refractivity contribution is 0.111. The van der Waals surface area contributed by atoms with Crippen LogP contribution in [0, 0.1) is 5.92 Å². The minimum atomic E-state index is 0.679. The normalized spacial score (nSPS) is 17.2. The van der Waals surface area contributed by atoms with E-state index < -0.39 is 0 Å². The number of aldehydes is 1. The largest absolute Gasteiger partial charge is 0.352 e. The number of piperazine rings is 1. The number of aromatic nitrogens is 2. The fourth-order valence-electron chi connectivity index (χ4n) is 2.79. The molecule has 108 valence electrons. The summed E-state index contributed by atoms with van der Waals surface area (Å²) in [5.74, 6) is 1.54. The van der Waals surface area contributed by atoms with E-state index in [0.29, 0.717) is 11.6 Å². The quantitative estimate of drug-likeness (QED) is 0.808. The molecule has 6 heteroatoms. The van der Waals surface area contributed by atoms with Crippen LogP contribution in [0.2, 0.25) is 0 Å². The monoisotopic (exact) mass is 292 g/mol. The zero-order valence-electron chi connectivity index (χ0n) is 12.0. The van der Waals surface area contributed by atoms with E-state index in [4.69, 9.17) is 0 Å². The van der Waals surface area contributed by atoms with Crippen LogP contribution in [-0.2, 0) is 0 Å². The molecule has 1 saturated heterocycles. The molecule has 0 radical (unpaired) electrons. The molecule has 0 saturated carbocycles. The van der Waals surface area contributed by atoms with Crippen LogP contribution in [0.1, 0.15) is 24.3 Å². The van der Waals surface area contributed by atoms with E-state index in [0.717, 1.165) is 49.8 Å². The van der Waals surface area contributed by atoms with Gasteiger partial charge in [0.15, 0.2) is 17.1 Å². The maximum atomic E-state index is 11.4. The van der Waals surface area contributed by atoms with Crippen LogP contribution in [0.4, 0.5) is 5.82 Å². The van der Waals surface area contributed by atoms with Gasteiger partial charge in [-0.05, 0) is 5.92 Å². The minimum Gasteiger partial charge on any atom is -0.352 e. The van der Waals surface area contributed by atoms with E-state index in [1.807, 2.05) is 16.0 Å². The molecule has 0 spiro atoms. The smallest absolute Gasteiger partial charge is 0.196 e. The molecule has 2 aromatic heterocycles. The fraction of sp³-hybridized carbons (Fsp3) is 0.571. The topological polar surface area (TPSA) is 40.9 Å². The number of carbonyl (C=O) groups excluding carboxylic acids is 1. The Bertz CT molecular complexity index is 595. The molecule has 0 aliphatic carbocycles. The molecule has 0 bridgehead atoms. The van der Waals surface area contributed by atoms with Crippen LogP contribution >= 0.6 is 11.3 Å². The molecule has 0 amide bonds. The maximum Gasteiger partial charge on any atom is 0.196 e. The van der Waals surface area contributed by atoms with Crippen molar-refractivity contribution in [3.63, 3.8) is 0 Å². The van der Waals surface area contributed by atoms with Gasteiger partial charge in [0.05, 0.1) is 0 Å². The Morgan fingerprint density at radius 1 is 1.35 bits per heavy atom. The zero-order chi connectivity index (χ0) is 14.1. The van der Waals surface area contributed by atoms with Gasteiger partial charge in [-0.25, -0.2) is 4.98 Å². The third-order valence-corrected chi connectivity index (χ3v) is 4.44. The van der Waals surface area contributed by atoms with Crippen LogP contribution < -0.4 is 4.90 Å². The summed E-state index contributed by atoms with van der Waals surface area (Å²) in [4.78, 5) is 21.6. The van der Waals surface area contributed by atoms with Crippen molar-refractivity contribution in [2.75, 3.05) is 37.6 Å². The first kappa shape index (κ1) is 13.6. The van der Waals surface area contributed by atoms with E-state index in [9.17, 15) is 4.79 Å². The second kappa shape index (κ2) is 5.54. The van der Waals surface area contributed by atoms with Gasteiger partial charge < -0.3 is 4.90 Å². The van der Waals surface area contributed by atoms with Crippen molar-refractivity contribution in [3.05, 3.63) is 17.3 Å². The van der Waals surface area contributed by atoms with E-state index in [-0.39, 0.29) is 0 Å². The molecule has 0 N–H and O–H groups in total. The number of rotatable bonds is 4. The Balaban J connectivity index is 1.76. The summed E-state index contributed by atoms with van der Waals surface area (Å²) in [6, 6.07) is 0. The van der Waals surface area contributed by atoms with Gasteiger partial charge in [0.2, 0.25) is 0 Å². The van der Waals surface area contributed by atoms with E-state index >= 15 is 0 Å². The highest BCUT2D eigenvalue weighted by atomic mass is 32.1. The molecule has 20 heavy (non-hydrogen) atoms. The van der Waals surface area contributed by atoms with E-state index in [1.165, 1.54) is 0 Å². The number of fused-ring (bicyclic) bond motifs is 1. The van der Waals surface area contributed by atoms with Crippen molar-refractivity contribution in [1.82, 2.24) is 14.3 Å². The molecule has 1 aliphatic rings. The Morgan fingerprint density at radius 3 is 2.75 bits per heavy atom. The molecule has 0 aromatic carbocycles. The van der Waals surface area contributed by atoms with Gasteiger partial charge in [-0.2, -0.15) is 0 Å². The Hall–Kier alpha value is -1.40. The molecule has 1 fully saturated rings. The first-order valence-electron chi connectivity index (χ1n) is 7.07. The van der Waals surface area contributed by atoms with Crippen molar-refractivity contribution in [1.29, 1.82) is 0 Å². The van der Waals surface area contributed by atoms with Crippen LogP contribution in [0.5, 0.6) is 0 Å². The van der Waals surface area contributed by atoms with E-state index in [1.54, 1.807) is 11.3 Å². The van der Waals surface area contributed by atoms with Gasteiger partial charge in [0, 0.05) is 44.3 Å². The van der Waals surface area contributed by atoms with Gasteiger partial charge >= 0.3 is 0 Å². The summed E-state index contributed by atoms with van der Waals surface area (Å²) in [5, 5.41) is 1.96. The lowest BCUT2D eigenvalue weighted by Crippen LogP contribution is -2.47. The summed E-state index contributed by atoms with van der Waals surface area (Å²) in [7, 11) is 0. The summed E-state index contributed by atoms with van der Waals surface area (Å²) >= 11 is 1.57. The van der Waals surface area contributed by atoms with Crippen LogP contribution in [0.15, 0.2) is 11.6 Å². The predicted octanol–water partition coefficient (Wildman–Crippen LogP) is 1.99. The third kappa shape index (κ3) is 2.45. The van der Waals surface area contributed by atoms with Crippen LogP contribution in [-0.4, -0.2) is 53.3 Å². The van der Waals surface area contributed by atoms with Gasteiger partial charge in [-0.3, -0.25) is 14.1 Å². The molecule has 3 heterocycles. The number of thiazole rings is 1. The Morgan fingerprint density at radius 2 is 2.10 bits per heavy atom. The molecule has 2 aromatic rings. The van der Waals surface area contributed by atoms with Gasteiger partial charge in [-0.15, -0.1) is 11.3 Å². The van der Waals surface area contributed by atoms with Gasteiger partial charge in [-0.1, -0.05) is 13.8 Å². The van der Waals surface area contributed by atoms with Crippen molar-refractivity contribution >= 4 is 28.4 Å². The molecule has 5 nitrogen and oxygen atoms in total. The average Bonchev–Trinajstić information content (AvgIpc) is 2.98. The molecule has 1 aliphatic heterocycles. The van der Waals surface area contributed by atoms with Gasteiger partial charge in [0.25, 0.3) is 0 Å². The summed E-state index contributed by atoms with van der Waals surface area (Å²) in [5.41, 5.74) is 0.679. The molecular formula is C14H20N4OS. The lowest BCUT2D eigenvalue weighted by atomic mass is 10.2. The first-order chi connectivity index (χ1) is 9.69. The summed E-state index contributed by atoms with van der Waals surface area (Å²) < 4.78 is 1.88. The lowest BCUT2D eigenvalue weighted by Gasteiger charge is -2.35. The van der Waals surface area contributed by atoms with Crippen molar-refractivity contribution in [3.8, 4) is 0 Å². The summed E-state index contributed by atoms with van der Waals surface area (Å²) in [6.45, 7) is 9.62. The number of hydrogen-bond donors (Lipinski definition) is 0. The fourth-order valence-corrected chi connectivity index (χ4v) is 3.51. The highest BCUT2D eigenvalue weighted by molar-refractivity contribution is 7.15. The number of hydrogen-bond acceptors (Lipinski definition) is 5. The number of carbonyl (C=O) groups is 1. The molecule has 0 unspecified atom stereocenters. The second-order valence-corrected chi connectivity index (χ2v) is 6.55. The third-order valence-electron chi connectivity index (χ3n) is 3.69. The standard InChI is InChI=1S/C14H20N4OS/c1-11(2)9-16-3-5-17(6-4-16)13-12(10-19)18-7-8-20-14(18)15-13/h7-8,10-11H,3-6,9H2,1-2H3. The Labute approximate surface area is 122 Å². The molecule has 0 atom stereocenters. The number of anilines is 1. The van der Waals surface area contributed by atoms with Crippen molar-refractivity contribution in [2.24, 2.45) is 5.92 Å². The van der Waals surface area contributed by atoms with Crippen molar-refractivity contribution in [2.45, 2.75) is 13.8 Å². The SMILES string of the molecule is CC(C)CN1CCN(c2nc3sccn3c2C=O)CC1. The molecular weight excluding hydrogens is 272 g/mol. The van der Waals surface area contributed by atoms with Crippen LogP contribution in [0.3, 0.4) is 0 Å². The number of nitrogens with zero attached hydrogens (tertiary/aromatic N) is 4. The van der Waals surface area contributed by atoms with E-state index in [2.05, 4.69) is 28.6 Å². The Kier molecular flexibility index (Phi) is 3.76. The van der Waals surface area contributed by atoms with Crippen molar-refractivity contribution < 1.29 is 4.79 Å². The minimum absolute atomic E-state index is 0.679. The zero-order valence-corrected chi connectivity index (χ0v) is 12.8. The van der Waals surface area contributed by atoms with Gasteiger partial charge in [0.1, 0.15) is 5.69 Å². The summed E-state index contributed by atoms with van der Waals surface area (Å²) in [6.07, 6.45) is 2.83. The first-order valence-corrected chi connectivity index (χ1v) is 7.95. The predicted molar refractivity (Wildman–Crippen MR) is 81.9 cm³/mol. The van der Waals surface area contributed by atoms with Crippen LogP contribution in [0.25, 0.3) is 4.96 Å². The highest BCUT2D eigenvalue weighted by Gasteiger charge is 2.23. The highest BCUT2D eigenvalue weighted by Crippen LogP contribution is 2.24.